The van der Waals surface area contributed by atoms with Crippen LogP contribution in [0.5, 0.6) is 5.75 Å². The van der Waals surface area contributed by atoms with Crippen molar-refractivity contribution < 1.29 is 24.2 Å². The summed E-state index contributed by atoms with van der Waals surface area (Å²) in [5, 5.41) is 13.6. The van der Waals surface area contributed by atoms with E-state index >= 15 is 0 Å². The number of ketones is 1. The zero-order valence-electron chi connectivity index (χ0n) is 22.9. The quantitative estimate of drug-likeness (QED) is 0.0979. The molecule has 4 rings (SSSR count). The number of benzene rings is 4. The largest absolute Gasteiger partial charge is 0.494 e. The minimum absolute atomic E-state index is 0.186. The van der Waals surface area contributed by atoms with Gasteiger partial charge in [0.05, 0.1) is 6.61 Å². The van der Waals surface area contributed by atoms with E-state index in [9.17, 15) is 19.5 Å². The van der Waals surface area contributed by atoms with Crippen LogP contribution in [0.15, 0.2) is 116 Å². The minimum atomic E-state index is -1.03. The van der Waals surface area contributed by atoms with E-state index in [2.05, 4.69) is 11.9 Å². The Labute approximate surface area is 250 Å². The van der Waals surface area contributed by atoms with Crippen LogP contribution in [0.2, 0.25) is 5.02 Å². The van der Waals surface area contributed by atoms with Crippen LogP contribution in [0.1, 0.15) is 27.9 Å². The first-order chi connectivity index (χ1) is 20.4. The highest BCUT2D eigenvalue weighted by atomic mass is 35.5. The molecule has 7 nitrogen and oxygen atoms in total. The topological polar surface area (TPSA) is 95.9 Å². The summed E-state index contributed by atoms with van der Waals surface area (Å²) in [7, 11) is 0. The molecule has 214 valence electrons. The number of nitrogens with one attached hydrogen (secondary N) is 1. The van der Waals surface area contributed by atoms with Gasteiger partial charge in [-0.05, 0) is 66.6 Å². The first-order valence-electron chi connectivity index (χ1n) is 13.4. The molecular formula is C34H31ClN2O5. The summed E-state index contributed by atoms with van der Waals surface area (Å²) in [6, 6.07) is 29.0. The van der Waals surface area contributed by atoms with Crippen molar-refractivity contribution in [2.24, 2.45) is 0 Å². The molecule has 0 saturated heterocycles. The maximum atomic E-state index is 13.1. The Bertz CT molecular complexity index is 1520. The van der Waals surface area contributed by atoms with Gasteiger partial charge in [-0.1, -0.05) is 72.8 Å². The number of amides is 1. The molecule has 8 heteroatoms. The van der Waals surface area contributed by atoms with E-state index in [0.29, 0.717) is 47.2 Å². The molecule has 1 amide bonds. The minimum Gasteiger partial charge on any atom is -0.494 e. The summed E-state index contributed by atoms with van der Waals surface area (Å²) in [6.07, 6.45) is 2.05. The van der Waals surface area contributed by atoms with Crippen molar-refractivity contribution in [3.63, 3.8) is 0 Å². The zero-order valence-corrected chi connectivity index (χ0v) is 23.7. The second kappa shape index (κ2) is 14.7. The molecule has 0 spiro atoms. The zero-order chi connectivity index (χ0) is 29.9. The lowest BCUT2D eigenvalue weighted by Gasteiger charge is -2.21. The van der Waals surface area contributed by atoms with E-state index in [-0.39, 0.29) is 18.1 Å². The number of hydrogen-bond donors (Lipinski definition) is 2. The number of carboxylic acids is 1. The van der Waals surface area contributed by atoms with E-state index < -0.39 is 12.0 Å². The standard InChI is InChI=1S/C34H31ClN2O5/c1-2-32(38)37(27-17-15-26(35)16-18-27)21-8-22-42-28-19-13-24(14-20-28)23-31(34(40)41)36-30-12-7-6-11-29(30)33(39)25-9-4-3-5-10-25/h2-7,9-20,31,36H,1,8,21-23H2,(H,40,41)/t31-/m0/s1. The van der Waals surface area contributed by atoms with Crippen LogP contribution in [-0.4, -0.2) is 42.0 Å². The number of carboxylic acid groups (broad SMARTS) is 1. The van der Waals surface area contributed by atoms with Crippen LogP contribution in [0.3, 0.4) is 0 Å². The fraction of sp³-hybridized carbons (Fsp3) is 0.147. The third-order valence-electron chi connectivity index (χ3n) is 6.57. The second-order valence-electron chi connectivity index (χ2n) is 9.50. The van der Waals surface area contributed by atoms with E-state index in [1.807, 2.05) is 18.2 Å². The molecule has 0 unspecified atom stereocenters. The molecule has 0 aromatic heterocycles. The van der Waals surface area contributed by atoms with Crippen molar-refractivity contribution >= 4 is 40.6 Å². The molecule has 0 saturated carbocycles. The second-order valence-corrected chi connectivity index (χ2v) is 9.93. The first-order valence-corrected chi connectivity index (χ1v) is 13.8. The van der Waals surface area contributed by atoms with Crippen LogP contribution < -0.4 is 15.0 Å². The maximum absolute atomic E-state index is 13.1. The number of halogens is 1. The Morgan fingerprint density at radius 1 is 0.905 bits per heavy atom. The molecule has 0 radical (unpaired) electrons. The highest BCUT2D eigenvalue weighted by Gasteiger charge is 2.21. The molecule has 0 aliphatic heterocycles. The van der Waals surface area contributed by atoms with Crippen molar-refractivity contribution in [2.75, 3.05) is 23.4 Å². The van der Waals surface area contributed by atoms with Gasteiger partial charge in [-0.2, -0.15) is 0 Å². The molecular weight excluding hydrogens is 552 g/mol. The molecule has 0 fully saturated rings. The summed E-state index contributed by atoms with van der Waals surface area (Å²) in [4.78, 5) is 39.1. The number of carbonyl (C=O) groups is 3. The van der Waals surface area contributed by atoms with Gasteiger partial charge in [-0.3, -0.25) is 9.59 Å². The Morgan fingerprint density at radius 3 is 2.24 bits per heavy atom. The smallest absolute Gasteiger partial charge is 0.326 e. The van der Waals surface area contributed by atoms with E-state index in [0.717, 1.165) is 11.3 Å². The third-order valence-corrected chi connectivity index (χ3v) is 6.82. The van der Waals surface area contributed by atoms with Gasteiger partial charge >= 0.3 is 5.97 Å². The number of para-hydroxylation sites is 1. The van der Waals surface area contributed by atoms with Gasteiger partial charge in [0, 0.05) is 40.5 Å². The number of aliphatic carboxylic acids is 1. The Hall–Kier alpha value is -4.88. The van der Waals surface area contributed by atoms with Gasteiger partial charge in [0.25, 0.3) is 0 Å². The predicted molar refractivity (Wildman–Crippen MR) is 166 cm³/mol. The highest BCUT2D eigenvalue weighted by Crippen LogP contribution is 2.23. The van der Waals surface area contributed by atoms with Crippen LogP contribution >= 0.6 is 11.6 Å². The van der Waals surface area contributed by atoms with Crippen molar-refractivity contribution in [3.05, 3.63) is 137 Å². The fourth-order valence-electron chi connectivity index (χ4n) is 4.41. The summed E-state index contributed by atoms with van der Waals surface area (Å²) in [5.74, 6) is -0.799. The van der Waals surface area contributed by atoms with Gasteiger partial charge in [0.1, 0.15) is 11.8 Å². The predicted octanol–water partition coefficient (Wildman–Crippen LogP) is 6.67. The Balaban J connectivity index is 1.34. The molecule has 0 bridgehead atoms. The summed E-state index contributed by atoms with van der Waals surface area (Å²) < 4.78 is 5.86. The van der Waals surface area contributed by atoms with E-state index in [1.54, 1.807) is 89.8 Å². The van der Waals surface area contributed by atoms with Crippen LogP contribution in [0.4, 0.5) is 11.4 Å². The summed E-state index contributed by atoms with van der Waals surface area (Å²) in [5.41, 5.74) is 2.91. The van der Waals surface area contributed by atoms with Gasteiger partial charge in [0.2, 0.25) is 5.91 Å². The van der Waals surface area contributed by atoms with Crippen LogP contribution in [-0.2, 0) is 16.0 Å². The molecule has 0 heterocycles. The lowest BCUT2D eigenvalue weighted by atomic mass is 10.00. The number of rotatable bonds is 14. The normalized spacial score (nSPS) is 11.3. The third kappa shape index (κ3) is 8.08. The molecule has 0 aliphatic rings. The molecule has 4 aromatic carbocycles. The van der Waals surface area contributed by atoms with E-state index in [4.69, 9.17) is 16.3 Å². The average molecular weight is 583 g/mol. The van der Waals surface area contributed by atoms with Crippen molar-refractivity contribution in [2.45, 2.75) is 18.9 Å². The van der Waals surface area contributed by atoms with Crippen molar-refractivity contribution in [1.29, 1.82) is 0 Å². The number of carbonyl (C=O) groups excluding carboxylic acids is 2. The summed E-state index contributed by atoms with van der Waals surface area (Å²) >= 11 is 5.97. The number of ether oxygens (including phenoxy) is 1. The van der Waals surface area contributed by atoms with Crippen molar-refractivity contribution in [3.8, 4) is 5.75 Å². The molecule has 4 aromatic rings. The lowest BCUT2D eigenvalue weighted by molar-refractivity contribution is -0.137. The van der Waals surface area contributed by atoms with Gasteiger partial charge in [-0.15, -0.1) is 0 Å². The number of nitrogens with zero attached hydrogens (tertiary/aromatic N) is 1. The monoisotopic (exact) mass is 582 g/mol. The highest BCUT2D eigenvalue weighted by molar-refractivity contribution is 6.30. The van der Waals surface area contributed by atoms with E-state index in [1.165, 1.54) is 6.08 Å². The Kier molecular flexibility index (Phi) is 10.5. The number of anilines is 2. The van der Waals surface area contributed by atoms with Gasteiger partial charge in [-0.25, -0.2) is 4.79 Å². The average Bonchev–Trinajstić information content (AvgIpc) is 3.02. The molecule has 1 atom stereocenters. The maximum Gasteiger partial charge on any atom is 0.326 e. The molecule has 0 aliphatic carbocycles. The SMILES string of the molecule is C=CC(=O)N(CCCOc1ccc(C[C@H](Nc2ccccc2C(=O)c2ccccc2)C(=O)O)cc1)c1ccc(Cl)cc1. The van der Waals surface area contributed by atoms with Crippen molar-refractivity contribution in [1.82, 2.24) is 0 Å². The van der Waals surface area contributed by atoms with Gasteiger partial charge < -0.3 is 20.1 Å². The first kappa shape index (κ1) is 30.1. The molecule has 2 N–H and O–H groups in total. The van der Waals surface area contributed by atoms with Gasteiger partial charge in [0.15, 0.2) is 5.78 Å². The fourth-order valence-corrected chi connectivity index (χ4v) is 4.53. The van der Waals surface area contributed by atoms with Crippen LogP contribution in [0.25, 0.3) is 0 Å². The summed E-state index contributed by atoms with van der Waals surface area (Å²) in [6.45, 7) is 4.39. The lowest BCUT2D eigenvalue weighted by Crippen LogP contribution is -2.32. The Morgan fingerprint density at radius 2 is 1.57 bits per heavy atom. The van der Waals surface area contributed by atoms with Crippen LogP contribution in [0, 0.1) is 0 Å². The number of hydrogen-bond acceptors (Lipinski definition) is 5. The molecule has 42 heavy (non-hydrogen) atoms.